The molecule has 0 saturated heterocycles. The molecule has 0 saturated carbocycles. The van der Waals surface area contributed by atoms with Crippen LogP contribution in [0.4, 0.5) is 0 Å². The van der Waals surface area contributed by atoms with E-state index in [4.69, 9.17) is 15.9 Å². The van der Waals surface area contributed by atoms with E-state index in [-0.39, 0.29) is 6.61 Å². The molecular weight excluding hydrogens is 409 g/mol. The number of benzene rings is 2. The van der Waals surface area contributed by atoms with Gasteiger partial charge < -0.3 is 9.47 Å². The molecular formula is C17H12INO2S. The van der Waals surface area contributed by atoms with Crippen molar-refractivity contribution in [2.45, 2.75) is 0 Å². The van der Waals surface area contributed by atoms with Gasteiger partial charge in [0.25, 0.3) is 0 Å². The minimum Gasteiger partial charge on any atom is -0.493 e. The number of halogens is 1. The first-order chi connectivity index (χ1) is 10.7. The second-order valence-electron chi connectivity index (χ2n) is 4.47. The summed E-state index contributed by atoms with van der Waals surface area (Å²) in [5.41, 5.74) is 2.01. The van der Waals surface area contributed by atoms with E-state index in [1.165, 1.54) is 4.70 Å². The summed E-state index contributed by atoms with van der Waals surface area (Å²) in [6.07, 6.45) is 5.26. The largest absolute Gasteiger partial charge is 0.493 e. The van der Waals surface area contributed by atoms with Gasteiger partial charge in [0, 0.05) is 5.56 Å². The lowest BCUT2D eigenvalue weighted by Crippen LogP contribution is -1.99. The zero-order chi connectivity index (χ0) is 15.5. The Labute approximate surface area is 146 Å². The van der Waals surface area contributed by atoms with Crippen LogP contribution in [0.3, 0.4) is 0 Å². The molecule has 22 heavy (non-hydrogen) atoms. The molecule has 110 valence electrons. The van der Waals surface area contributed by atoms with Crippen molar-refractivity contribution in [1.29, 1.82) is 0 Å². The SMILES string of the molecule is C#CCOc1c(I)cc(-c2nc3ccccc3s2)cc1OC. The van der Waals surface area contributed by atoms with Crippen LogP contribution in [-0.2, 0) is 0 Å². The summed E-state index contributed by atoms with van der Waals surface area (Å²) in [5, 5.41) is 0.959. The monoisotopic (exact) mass is 421 g/mol. The van der Waals surface area contributed by atoms with Gasteiger partial charge in [-0.3, -0.25) is 0 Å². The smallest absolute Gasteiger partial charge is 0.175 e. The summed E-state index contributed by atoms with van der Waals surface area (Å²) >= 11 is 3.88. The van der Waals surface area contributed by atoms with E-state index >= 15 is 0 Å². The molecule has 1 heterocycles. The Morgan fingerprint density at radius 3 is 2.86 bits per heavy atom. The van der Waals surface area contributed by atoms with Crippen LogP contribution in [0.15, 0.2) is 36.4 Å². The molecule has 0 fully saturated rings. The van der Waals surface area contributed by atoms with E-state index in [0.717, 1.165) is 19.7 Å². The molecule has 0 aliphatic carbocycles. The number of aromatic nitrogens is 1. The quantitative estimate of drug-likeness (QED) is 0.456. The zero-order valence-corrected chi connectivity index (χ0v) is 14.8. The van der Waals surface area contributed by atoms with Gasteiger partial charge in [0.2, 0.25) is 0 Å². The minimum atomic E-state index is 0.215. The van der Waals surface area contributed by atoms with Crippen molar-refractivity contribution in [2.75, 3.05) is 13.7 Å². The van der Waals surface area contributed by atoms with Gasteiger partial charge in [0.15, 0.2) is 11.5 Å². The number of ether oxygens (including phenoxy) is 2. The van der Waals surface area contributed by atoms with Crippen LogP contribution in [0.1, 0.15) is 0 Å². The van der Waals surface area contributed by atoms with Crippen LogP contribution >= 0.6 is 33.9 Å². The molecule has 3 rings (SSSR count). The number of methoxy groups -OCH3 is 1. The van der Waals surface area contributed by atoms with Crippen LogP contribution in [0.25, 0.3) is 20.8 Å². The minimum absolute atomic E-state index is 0.215. The highest BCUT2D eigenvalue weighted by Crippen LogP contribution is 2.39. The maximum absolute atomic E-state index is 5.57. The van der Waals surface area contributed by atoms with Gasteiger partial charge >= 0.3 is 0 Å². The van der Waals surface area contributed by atoms with Gasteiger partial charge in [-0.1, -0.05) is 18.1 Å². The van der Waals surface area contributed by atoms with Crippen molar-refractivity contribution in [2.24, 2.45) is 0 Å². The van der Waals surface area contributed by atoms with Gasteiger partial charge in [-0.15, -0.1) is 17.8 Å². The molecule has 0 N–H and O–H groups in total. The number of thiazole rings is 1. The molecule has 0 aliphatic heterocycles. The lowest BCUT2D eigenvalue weighted by molar-refractivity contribution is 0.329. The second-order valence-corrected chi connectivity index (χ2v) is 6.66. The highest BCUT2D eigenvalue weighted by Gasteiger charge is 2.14. The van der Waals surface area contributed by atoms with E-state index in [0.29, 0.717) is 11.5 Å². The Bertz CT molecular complexity index is 834. The lowest BCUT2D eigenvalue weighted by atomic mass is 10.2. The van der Waals surface area contributed by atoms with Crippen LogP contribution in [0, 0.1) is 15.9 Å². The van der Waals surface area contributed by atoms with Crippen molar-refractivity contribution in [1.82, 2.24) is 4.98 Å². The van der Waals surface area contributed by atoms with Gasteiger partial charge in [-0.05, 0) is 46.9 Å². The number of hydrogen-bond acceptors (Lipinski definition) is 4. The first kappa shape index (κ1) is 15.1. The normalized spacial score (nSPS) is 10.4. The number of nitrogens with zero attached hydrogens (tertiary/aromatic N) is 1. The van der Waals surface area contributed by atoms with E-state index in [1.54, 1.807) is 18.4 Å². The van der Waals surface area contributed by atoms with Crippen molar-refractivity contribution in [3.05, 3.63) is 40.0 Å². The van der Waals surface area contributed by atoms with E-state index < -0.39 is 0 Å². The van der Waals surface area contributed by atoms with Crippen LogP contribution in [0.5, 0.6) is 11.5 Å². The fraction of sp³-hybridized carbons (Fsp3) is 0.118. The number of fused-ring (bicyclic) bond motifs is 1. The average molecular weight is 421 g/mol. The zero-order valence-electron chi connectivity index (χ0n) is 11.8. The topological polar surface area (TPSA) is 31.4 Å². The van der Waals surface area contributed by atoms with E-state index in [1.807, 2.05) is 30.3 Å². The molecule has 3 aromatic rings. The fourth-order valence-corrected chi connectivity index (χ4v) is 3.80. The van der Waals surface area contributed by atoms with Gasteiger partial charge in [-0.25, -0.2) is 4.98 Å². The third kappa shape index (κ3) is 2.89. The third-order valence-electron chi connectivity index (χ3n) is 3.07. The summed E-state index contributed by atoms with van der Waals surface area (Å²) in [6, 6.07) is 12.1. The van der Waals surface area contributed by atoms with Crippen molar-refractivity contribution < 1.29 is 9.47 Å². The van der Waals surface area contributed by atoms with Gasteiger partial charge in [-0.2, -0.15) is 0 Å². The Kier molecular flexibility index (Phi) is 4.50. The Morgan fingerprint density at radius 2 is 2.14 bits per heavy atom. The molecule has 0 radical (unpaired) electrons. The highest BCUT2D eigenvalue weighted by atomic mass is 127. The molecule has 0 bridgehead atoms. The first-order valence-corrected chi connectivity index (χ1v) is 8.42. The molecule has 0 spiro atoms. The molecule has 0 amide bonds. The summed E-state index contributed by atoms with van der Waals surface area (Å²) in [5.74, 6) is 3.80. The van der Waals surface area contributed by atoms with E-state index in [9.17, 15) is 0 Å². The Hall–Kier alpha value is -1.78. The summed E-state index contributed by atoms with van der Waals surface area (Å²) < 4.78 is 13.1. The predicted octanol–water partition coefficient (Wildman–Crippen LogP) is 4.59. The molecule has 0 unspecified atom stereocenters. The summed E-state index contributed by atoms with van der Waals surface area (Å²) in [6.45, 7) is 0.215. The Balaban J connectivity index is 2.07. The number of rotatable bonds is 4. The predicted molar refractivity (Wildman–Crippen MR) is 98.7 cm³/mol. The fourth-order valence-electron chi connectivity index (χ4n) is 2.09. The molecule has 0 atom stereocenters. The maximum atomic E-state index is 5.57. The number of para-hydroxylation sites is 1. The van der Waals surface area contributed by atoms with Crippen LogP contribution < -0.4 is 9.47 Å². The van der Waals surface area contributed by atoms with Crippen LogP contribution in [-0.4, -0.2) is 18.7 Å². The standard InChI is InChI=1S/C17H12INO2S/c1-3-8-21-16-12(18)9-11(10-14(16)20-2)17-19-13-6-4-5-7-15(13)22-17/h1,4-7,9-10H,8H2,2H3. The van der Waals surface area contributed by atoms with E-state index in [2.05, 4.69) is 39.6 Å². The maximum Gasteiger partial charge on any atom is 0.175 e. The molecule has 0 aliphatic rings. The summed E-state index contributed by atoms with van der Waals surface area (Å²) in [4.78, 5) is 4.68. The highest BCUT2D eigenvalue weighted by molar-refractivity contribution is 14.1. The molecule has 1 aromatic heterocycles. The summed E-state index contributed by atoms with van der Waals surface area (Å²) in [7, 11) is 1.62. The van der Waals surface area contributed by atoms with Crippen molar-refractivity contribution >= 4 is 44.1 Å². The molecule has 2 aromatic carbocycles. The Morgan fingerprint density at radius 1 is 1.32 bits per heavy atom. The second kappa shape index (κ2) is 6.55. The van der Waals surface area contributed by atoms with Crippen LogP contribution in [0.2, 0.25) is 0 Å². The molecule has 3 nitrogen and oxygen atoms in total. The first-order valence-electron chi connectivity index (χ1n) is 6.52. The van der Waals surface area contributed by atoms with Gasteiger partial charge in [0.05, 0.1) is 20.9 Å². The number of terminal acetylenes is 1. The molecule has 5 heteroatoms. The van der Waals surface area contributed by atoms with Gasteiger partial charge in [0.1, 0.15) is 11.6 Å². The van der Waals surface area contributed by atoms with Crippen molar-refractivity contribution in [3.8, 4) is 34.4 Å². The van der Waals surface area contributed by atoms with Crippen molar-refractivity contribution in [3.63, 3.8) is 0 Å². The average Bonchev–Trinajstić information content (AvgIpc) is 2.97. The lowest BCUT2D eigenvalue weighted by Gasteiger charge is -2.12. The number of hydrogen-bond donors (Lipinski definition) is 0. The third-order valence-corrected chi connectivity index (χ3v) is 4.96.